The zero-order valence-corrected chi connectivity index (χ0v) is 21.5. The van der Waals surface area contributed by atoms with Crippen molar-refractivity contribution in [1.82, 2.24) is 24.2 Å². The molecule has 1 amide bonds. The number of fused-ring (bicyclic) bond motifs is 1. The van der Waals surface area contributed by atoms with Gasteiger partial charge in [0.2, 0.25) is 0 Å². The van der Waals surface area contributed by atoms with Gasteiger partial charge in [-0.2, -0.15) is 17.5 Å². The molecule has 1 aliphatic rings. The number of hydrogen-bond donors (Lipinski definition) is 2. The smallest absolute Gasteiger partial charge is 0.419 e. The van der Waals surface area contributed by atoms with Gasteiger partial charge in [0.05, 0.1) is 29.1 Å². The number of piperazine rings is 1. The minimum Gasteiger partial charge on any atom is -0.453 e. The Morgan fingerprint density at radius 2 is 1.94 bits per heavy atom. The Morgan fingerprint density at radius 1 is 1.22 bits per heavy atom. The zero-order valence-electron chi connectivity index (χ0n) is 19.1. The van der Waals surface area contributed by atoms with E-state index in [1.54, 1.807) is 0 Å². The van der Waals surface area contributed by atoms with Crippen LogP contribution in [0.3, 0.4) is 0 Å². The minimum atomic E-state index is -4.49. The molecule has 0 bridgehead atoms. The number of alkyl halides is 3. The number of sulfonamides is 1. The second kappa shape index (κ2) is 10.4. The third kappa shape index (κ3) is 5.69. The van der Waals surface area contributed by atoms with Gasteiger partial charge < -0.3 is 10.1 Å². The predicted octanol–water partition coefficient (Wildman–Crippen LogP) is 3.15. The summed E-state index contributed by atoms with van der Waals surface area (Å²) in [5, 5.41) is 6.64. The molecule has 0 aliphatic carbocycles. The Morgan fingerprint density at radius 3 is 2.61 bits per heavy atom. The highest BCUT2D eigenvalue weighted by atomic mass is 32.2. The zero-order chi connectivity index (χ0) is 26.1. The number of nitrogens with zero attached hydrogens (tertiary/aromatic N) is 5. The highest BCUT2D eigenvalue weighted by Crippen LogP contribution is 2.39. The number of hydrogen-bond acceptors (Lipinski definition) is 11. The van der Waals surface area contributed by atoms with Crippen molar-refractivity contribution >= 4 is 60.0 Å². The first-order valence-electron chi connectivity index (χ1n) is 10.6. The number of thiophene rings is 1. The van der Waals surface area contributed by atoms with Gasteiger partial charge in [0.1, 0.15) is 12.1 Å². The van der Waals surface area contributed by atoms with Gasteiger partial charge in [-0.05, 0) is 6.92 Å². The van der Waals surface area contributed by atoms with Crippen molar-refractivity contribution in [3.05, 3.63) is 23.5 Å². The van der Waals surface area contributed by atoms with E-state index in [4.69, 9.17) is 0 Å². The summed E-state index contributed by atoms with van der Waals surface area (Å²) < 4.78 is 71.7. The third-order valence-corrected chi connectivity index (χ3v) is 9.60. The molecule has 4 rings (SSSR count). The molecule has 3 aromatic heterocycles. The molecule has 1 fully saturated rings. The minimum absolute atomic E-state index is 0.0133. The fourth-order valence-electron chi connectivity index (χ4n) is 3.68. The molecule has 1 atom stereocenters. The molecule has 2 N–H and O–H groups in total. The van der Waals surface area contributed by atoms with Crippen molar-refractivity contribution in [2.75, 3.05) is 50.5 Å². The lowest BCUT2D eigenvalue weighted by atomic mass is 10.2. The lowest BCUT2D eigenvalue weighted by Gasteiger charge is -2.35. The van der Waals surface area contributed by atoms with Gasteiger partial charge in [0.15, 0.2) is 9.34 Å². The Hall–Kier alpha value is -2.60. The molecule has 0 aromatic carbocycles. The molecule has 36 heavy (non-hydrogen) atoms. The first-order valence-corrected chi connectivity index (χ1v) is 13.7. The largest absolute Gasteiger partial charge is 0.453 e. The van der Waals surface area contributed by atoms with Crippen LogP contribution in [0.2, 0.25) is 0 Å². The topological polar surface area (TPSA) is 130 Å². The van der Waals surface area contributed by atoms with Crippen LogP contribution in [-0.2, 0) is 20.9 Å². The van der Waals surface area contributed by atoms with Crippen LogP contribution in [0.5, 0.6) is 0 Å². The van der Waals surface area contributed by atoms with E-state index >= 15 is 0 Å². The lowest BCUT2D eigenvalue weighted by molar-refractivity contribution is -0.136. The van der Waals surface area contributed by atoms with Crippen molar-refractivity contribution in [3.63, 3.8) is 0 Å². The van der Waals surface area contributed by atoms with E-state index in [1.165, 1.54) is 17.6 Å². The highest BCUT2D eigenvalue weighted by molar-refractivity contribution is 7.91. The summed E-state index contributed by atoms with van der Waals surface area (Å²) in [5.41, 5.74) is -0.920. The van der Waals surface area contributed by atoms with Crippen molar-refractivity contribution in [2.45, 2.75) is 23.4 Å². The second-order valence-corrected chi connectivity index (χ2v) is 12.0. The molecule has 11 nitrogen and oxygen atoms in total. The number of aromatic nitrogens is 3. The summed E-state index contributed by atoms with van der Waals surface area (Å²) in [5.74, 6) is 0.329. The summed E-state index contributed by atoms with van der Waals surface area (Å²) in [6.07, 6.45) is -2.93. The van der Waals surface area contributed by atoms with Crippen molar-refractivity contribution in [2.24, 2.45) is 0 Å². The summed E-state index contributed by atoms with van der Waals surface area (Å²) in [6, 6.07) is -0.170. The fourth-order valence-corrected chi connectivity index (χ4v) is 7.25. The first kappa shape index (κ1) is 26.5. The SMILES string of the molecule is COC(=O)Nc1ncc(S(=O)(=O)N2CCN(C[C@H](C)Nc3ncnc4c(C(F)(F)F)csc34)CC2)s1. The number of halogens is 3. The number of amides is 1. The van der Waals surface area contributed by atoms with Crippen LogP contribution in [0.15, 0.2) is 22.1 Å². The van der Waals surface area contributed by atoms with Crippen LogP contribution >= 0.6 is 22.7 Å². The van der Waals surface area contributed by atoms with E-state index in [-0.39, 0.29) is 34.0 Å². The van der Waals surface area contributed by atoms with E-state index in [2.05, 4.69) is 35.2 Å². The summed E-state index contributed by atoms with van der Waals surface area (Å²) in [6.45, 7) is 3.85. The Bertz CT molecular complexity index is 1340. The number of nitrogens with one attached hydrogen (secondary N) is 2. The average Bonchev–Trinajstić information content (AvgIpc) is 3.47. The molecule has 1 saturated heterocycles. The lowest BCUT2D eigenvalue weighted by Crippen LogP contribution is -2.50. The maximum atomic E-state index is 13.2. The van der Waals surface area contributed by atoms with Crippen molar-refractivity contribution < 1.29 is 31.1 Å². The Labute approximate surface area is 212 Å². The predicted molar refractivity (Wildman–Crippen MR) is 129 cm³/mol. The van der Waals surface area contributed by atoms with Gasteiger partial charge in [0, 0.05) is 44.1 Å². The molecule has 4 heterocycles. The average molecular weight is 566 g/mol. The molecule has 196 valence electrons. The number of thiazole rings is 1. The van der Waals surface area contributed by atoms with Gasteiger partial charge in [-0.25, -0.2) is 28.2 Å². The Balaban J connectivity index is 1.34. The van der Waals surface area contributed by atoms with Gasteiger partial charge in [-0.1, -0.05) is 11.3 Å². The van der Waals surface area contributed by atoms with E-state index in [1.807, 2.05) is 6.92 Å². The van der Waals surface area contributed by atoms with Crippen molar-refractivity contribution in [1.29, 1.82) is 0 Å². The number of methoxy groups -OCH3 is 1. The number of carbonyl (C=O) groups is 1. The Kier molecular flexibility index (Phi) is 7.65. The molecular formula is C19H22F3N7O4S3. The van der Waals surface area contributed by atoms with Gasteiger partial charge in [-0.3, -0.25) is 10.2 Å². The molecule has 3 aromatic rings. The van der Waals surface area contributed by atoms with E-state index in [0.29, 0.717) is 30.2 Å². The third-order valence-electron chi connectivity index (χ3n) is 5.38. The second-order valence-electron chi connectivity index (χ2n) is 7.90. The molecule has 0 radical (unpaired) electrons. The molecule has 0 spiro atoms. The molecule has 17 heteroatoms. The molecular weight excluding hydrogens is 543 g/mol. The van der Waals surface area contributed by atoms with Crippen LogP contribution in [0.4, 0.5) is 28.9 Å². The summed E-state index contributed by atoms with van der Waals surface area (Å²) in [7, 11) is -2.58. The van der Waals surface area contributed by atoms with Crippen LogP contribution in [0.25, 0.3) is 10.2 Å². The van der Waals surface area contributed by atoms with Crippen LogP contribution in [0, 0.1) is 0 Å². The number of ether oxygens (including phenoxy) is 1. The van der Waals surface area contributed by atoms with E-state index in [9.17, 15) is 26.4 Å². The maximum Gasteiger partial charge on any atom is 0.419 e. The summed E-state index contributed by atoms with van der Waals surface area (Å²) in [4.78, 5) is 25.2. The molecule has 0 saturated carbocycles. The van der Waals surface area contributed by atoms with Crippen LogP contribution in [-0.4, -0.2) is 84.5 Å². The van der Waals surface area contributed by atoms with Gasteiger partial charge >= 0.3 is 12.3 Å². The van der Waals surface area contributed by atoms with E-state index < -0.39 is 27.9 Å². The number of rotatable bonds is 7. The summed E-state index contributed by atoms with van der Waals surface area (Å²) >= 11 is 1.77. The number of anilines is 2. The van der Waals surface area contributed by atoms with Gasteiger partial charge in [0.25, 0.3) is 10.0 Å². The number of carbonyl (C=O) groups excluding carboxylic acids is 1. The monoisotopic (exact) mass is 565 g/mol. The maximum absolute atomic E-state index is 13.2. The van der Waals surface area contributed by atoms with Crippen LogP contribution in [0.1, 0.15) is 12.5 Å². The molecule has 0 unspecified atom stereocenters. The fraction of sp³-hybridized carbons (Fsp3) is 0.474. The quantitative estimate of drug-likeness (QED) is 0.444. The van der Waals surface area contributed by atoms with Crippen LogP contribution < -0.4 is 10.6 Å². The van der Waals surface area contributed by atoms with Crippen molar-refractivity contribution in [3.8, 4) is 0 Å². The normalized spacial score (nSPS) is 16.7. The molecule has 1 aliphatic heterocycles. The van der Waals surface area contributed by atoms with Gasteiger partial charge in [-0.15, -0.1) is 11.3 Å². The standard InChI is InChI=1S/C19H22F3N7O4S3/c1-11(26-16-15-14(24-10-25-16)12(9-34-15)19(20,21)22)8-28-3-5-29(6-4-28)36(31,32)13-7-23-17(35-13)27-18(30)33-2/h7,9-11H,3-6,8H2,1-2H3,(H,23,27,30)(H,24,25,26)/t11-/m0/s1. The van der Waals surface area contributed by atoms with E-state index in [0.717, 1.165) is 34.4 Å². The highest BCUT2D eigenvalue weighted by Gasteiger charge is 2.35. The first-order chi connectivity index (χ1) is 17.0.